The van der Waals surface area contributed by atoms with E-state index >= 15 is 8.78 Å². The first-order valence-electron chi connectivity index (χ1n) is 14.0. The maximum Gasteiger partial charge on any atom is 0.253 e. The Balaban J connectivity index is 1.17. The topological polar surface area (TPSA) is 71.7 Å². The molecule has 9 heteroatoms. The Morgan fingerprint density at radius 2 is 1.89 bits per heavy atom. The number of hydrogen-bond acceptors (Lipinski definition) is 6. The molecule has 2 aliphatic carbocycles. The largest absolute Gasteiger partial charge is 0.373 e. The summed E-state index contributed by atoms with van der Waals surface area (Å²) in [6, 6.07) is 0. The summed E-state index contributed by atoms with van der Waals surface area (Å²) in [6.07, 6.45) is 4.66. The Kier molecular flexibility index (Phi) is 7.42. The third kappa shape index (κ3) is 5.77. The monoisotopic (exact) mass is 508 g/mol. The van der Waals surface area contributed by atoms with Crippen molar-refractivity contribution in [2.24, 2.45) is 11.8 Å². The number of carbonyl (C=O) groups is 1. The quantitative estimate of drug-likeness (QED) is 0.504. The van der Waals surface area contributed by atoms with Gasteiger partial charge in [-0.05, 0) is 50.9 Å². The standard InChI is InChI=1S/C27H42F2N4O3/c1-18(2)16-32-12-8-20(17-32)35-22-5-4-9-27(28,29)21(22)15-23(34)33-13-10-26(3,11-14-33)25-30-24(36-31-25)19-6-7-19/h18-22H,4-17H2,1-3H3/t20-,21+,22-/m0/s1. The molecule has 0 aromatic carbocycles. The maximum absolute atomic E-state index is 15.1. The molecular weight excluding hydrogens is 466 g/mol. The molecule has 36 heavy (non-hydrogen) atoms. The summed E-state index contributed by atoms with van der Waals surface area (Å²) in [5.41, 5.74) is -0.252. The van der Waals surface area contributed by atoms with Crippen LogP contribution in [0.3, 0.4) is 0 Å². The van der Waals surface area contributed by atoms with E-state index in [2.05, 4.69) is 35.8 Å². The summed E-state index contributed by atoms with van der Waals surface area (Å²) in [4.78, 5) is 22.0. The van der Waals surface area contributed by atoms with Gasteiger partial charge in [0.05, 0.1) is 18.1 Å². The van der Waals surface area contributed by atoms with Crippen LogP contribution in [0.4, 0.5) is 8.78 Å². The molecule has 202 valence electrons. The zero-order chi connectivity index (χ0) is 25.5. The minimum absolute atomic E-state index is 0.0218. The summed E-state index contributed by atoms with van der Waals surface area (Å²) in [5.74, 6) is -1.69. The van der Waals surface area contributed by atoms with Crippen molar-refractivity contribution in [1.82, 2.24) is 19.9 Å². The van der Waals surface area contributed by atoms with Gasteiger partial charge in [-0.3, -0.25) is 4.79 Å². The number of likely N-dealkylation sites (tertiary alicyclic amines) is 2. The van der Waals surface area contributed by atoms with Gasteiger partial charge in [0.1, 0.15) is 0 Å². The number of ether oxygens (including phenoxy) is 1. The van der Waals surface area contributed by atoms with Gasteiger partial charge in [-0.2, -0.15) is 4.98 Å². The summed E-state index contributed by atoms with van der Waals surface area (Å²) in [6.45, 7) is 10.3. The molecule has 0 unspecified atom stereocenters. The highest BCUT2D eigenvalue weighted by atomic mass is 19.3. The lowest BCUT2D eigenvalue weighted by molar-refractivity contribution is -0.174. The Bertz CT molecular complexity index is 911. The van der Waals surface area contributed by atoms with Crippen LogP contribution in [0.25, 0.3) is 0 Å². The lowest BCUT2D eigenvalue weighted by Gasteiger charge is -2.41. The fourth-order valence-electron chi connectivity index (χ4n) is 6.25. The molecule has 3 heterocycles. The molecule has 1 aromatic heterocycles. The highest BCUT2D eigenvalue weighted by molar-refractivity contribution is 5.76. The van der Waals surface area contributed by atoms with Gasteiger partial charge in [0.2, 0.25) is 11.8 Å². The summed E-state index contributed by atoms with van der Waals surface area (Å²) < 4.78 is 41.9. The van der Waals surface area contributed by atoms with E-state index < -0.39 is 17.9 Å². The number of aromatic nitrogens is 2. The molecule has 7 nitrogen and oxygen atoms in total. The van der Waals surface area contributed by atoms with Crippen LogP contribution in [-0.4, -0.2) is 76.7 Å². The van der Waals surface area contributed by atoms with Crippen molar-refractivity contribution in [3.8, 4) is 0 Å². The first-order chi connectivity index (χ1) is 17.1. The fourth-order valence-corrected chi connectivity index (χ4v) is 6.25. The molecule has 1 aromatic rings. The number of rotatable bonds is 8. The van der Waals surface area contributed by atoms with Crippen molar-refractivity contribution in [3.63, 3.8) is 0 Å². The average molecular weight is 509 g/mol. The molecule has 0 bridgehead atoms. The van der Waals surface area contributed by atoms with Gasteiger partial charge >= 0.3 is 0 Å². The Morgan fingerprint density at radius 1 is 1.14 bits per heavy atom. The van der Waals surface area contributed by atoms with E-state index in [0.717, 1.165) is 44.8 Å². The van der Waals surface area contributed by atoms with E-state index in [1.54, 1.807) is 4.90 Å². The van der Waals surface area contributed by atoms with Crippen LogP contribution in [0.1, 0.15) is 96.2 Å². The van der Waals surface area contributed by atoms with E-state index in [9.17, 15) is 4.79 Å². The highest BCUT2D eigenvalue weighted by Crippen LogP contribution is 2.44. The van der Waals surface area contributed by atoms with E-state index in [0.29, 0.717) is 56.4 Å². The zero-order valence-corrected chi connectivity index (χ0v) is 22.1. The normalized spacial score (nSPS) is 30.7. The number of nitrogens with zero attached hydrogens (tertiary/aromatic N) is 4. The molecule has 0 spiro atoms. The number of piperidine rings is 1. The summed E-state index contributed by atoms with van der Waals surface area (Å²) >= 11 is 0. The van der Waals surface area contributed by atoms with Crippen molar-refractivity contribution >= 4 is 5.91 Å². The Hall–Kier alpha value is -1.61. The summed E-state index contributed by atoms with van der Waals surface area (Å²) in [5, 5.41) is 4.23. The second-order valence-corrected chi connectivity index (χ2v) is 12.4. The maximum atomic E-state index is 15.1. The lowest BCUT2D eigenvalue weighted by Crippen LogP contribution is -2.49. The van der Waals surface area contributed by atoms with Crippen LogP contribution >= 0.6 is 0 Å². The average Bonchev–Trinajstić information content (AvgIpc) is 3.37. The lowest BCUT2D eigenvalue weighted by atomic mass is 9.78. The molecule has 1 amide bonds. The van der Waals surface area contributed by atoms with Crippen molar-refractivity contribution < 1.29 is 22.8 Å². The van der Waals surface area contributed by atoms with Crippen LogP contribution in [-0.2, 0) is 14.9 Å². The third-order valence-corrected chi connectivity index (χ3v) is 8.73. The van der Waals surface area contributed by atoms with E-state index in [1.807, 2.05) is 0 Å². The minimum atomic E-state index is -2.87. The van der Waals surface area contributed by atoms with Crippen molar-refractivity contribution in [2.75, 3.05) is 32.7 Å². The fraction of sp³-hybridized carbons (Fsp3) is 0.889. The van der Waals surface area contributed by atoms with Crippen LogP contribution in [0.2, 0.25) is 0 Å². The zero-order valence-electron chi connectivity index (χ0n) is 22.1. The van der Waals surface area contributed by atoms with Crippen LogP contribution in [0.5, 0.6) is 0 Å². The number of halogens is 2. The predicted molar refractivity (Wildman–Crippen MR) is 131 cm³/mol. The number of carbonyl (C=O) groups excluding carboxylic acids is 1. The number of amides is 1. The molecule has 0 N–H and O–H groups in total. The van der Waals surface area contributed by atoms with Gasteiger partial charge in [-0.1, -0.05) is 25.9 Å². The first-order valence-corrected chi connectivity index (χ1v) is 14.0. The van der Waals surface area contributed by atoms with Gasteiger partial charge in [-0.15, -0.1) is 0 Å². The SMILES string of the molecule is CC(C)CN1CC[C@H](O[C@H]2CCCC(F)(F)[C@@H]2CC(=O)N2CCC(C)(c3noc(C4CC4)n3)CC2)C1. The number of alkyl halides is 2. The van der Waals surface area contributed by atoms with Gasteiger partial charge in [0.25, 0.3) is 5.92 Å². The smallest absolute Gasteiger partial charge is 0.253 e. The van der Waals surface area contributed by atoms with Gasteiger partial charge in [-0.25, -0.2) is 8.78 Å². The van der Waals surface area contributed by atoms with E-state index in [1.165, 1.54) is 0 Å². The molecule has 4 aliphatic rings. The molecule has 5 rings (SSSR count). The number of hydrogen-bond donors (Lipinski definition) is 0. The second-order valence-electron chi connectivity index (χ2n) is 12.4. The van der Waals surface area contributed by atoms with Crippen LogP contribution < -0.4 is 0 Å². The molecule has 3 atom stereocenters. The van der Waals surface area contributed by atoms with E-state index in [4.69, 9.17) is 9.26 Å². The Morgan fingerprint density at radius 3 is 2.58 bits per heavy atom. The summed E-state index contributed by atoms with van der Waals surface area (Å²) in [7, 11) is 0. The molecular formula is C27H42F2N4O3. The molecule has 2 saturated heterocycles. The van der Waals surface area contributed by atoms with Crippen LogP contribution in [0.15, 0.2) is 4.52 Å². The molecule has 2 saturated carbocycles. The second kappa shape index (κ2) is 10.3. The molecule has 4 fully saturated rings. The van der Waals surface area contributed by atoms with Gasteiger partial charge < -0.3 is 19.1 Å². The first kappa shape index (κ1) is 26.0. The highest BCUT2D eigenvalue weighted by Gasteiger charge is 2.50. The van der Waals surface area contributed by atoms with Crippen molar-refractivity contribution in [1.29, 1.82) is 0 Å². The van der Waals surface area contributed by atoms with Crippen molar-refractivity contribution in [3.05, 3.63) is 11.7 Å². The minimum Gasteiger partial charge on any atom is -0.373 e. The van der Waals surface area contributed by atoms with E-state index in [-0.39, 0.29) is 30.3 Å². The van der Waals surface area contributed by atoms with Crippen molar-refractivity contribution in [2.45, 2.75) is 108 Å². The van der Waals surface area contributed by atoms with Crippen LogP contribution in [0, 0.1) is 11.8 Å². The third-order valence-electron chi connectivity index (χ3n) is 8.73. The Labute approximate surface area is 213 Å². The van der Waals surface area contributed by atoms with Gasteiger partial charge in [0, 0.05) is 56.9 Å². The van der Waals surface area contributed by atoms with Gasteiger partial charge in [0.15, 0.2) is 5.82 Å². The predicted octanol–water partition coefficient (Wildman–Crippen LogP) is 4.77. The molecule has 2 aliphatic heterocycles. The molecule has 0 radical (unpaired) electrons.